The lowest BCUT2D eigenvalue weighted by atomic mass is 10.1. The van der Waals surface area contributed by atoms with Crippen molar-refractivity contribution in [1.82, 2.24) is 9.78 Å². The van der Waals surface area contributed by atoms with Crippen LogP contribution in [0.4, 0.5) is 0 Å². The van der Waals surface area contributed by atoms with Gasteiger partial charge in [-0.1, -0.05) is 0 Å². The molecule has 136 valence electrons. The van der Waals surface area contributed by atoms with Gasteiger partial charge in [0.25, 0.3) is 0 Å². The highest BCUT2D eigenvalue weighted by Gasteiger charge is 2.17. The summed E-state index contributed by atoms with van der Waals surface area (Å²) in [5.74, 6) is 2.05. The molecule has 3 aromatic rings. The Morgan fingerprint density at radius 2 is 1.46 bits per heavy atom. The molecule has 0 bridgehead atoms. The fraction of sp³-hybridized carbons (Fsp3) is 0.211. The zero-order chi connectivity index (χ0) is 18.7. The number of phenolic OH excluding ortho intramolecular Hbond substituents is 1. The van der Waals surface area contributed by atoms with Crippen molar-refractivity contribution in [3.8, 4) is 45.7 Å². The molecule has 0 saturated heterocycles. The first-order chi connectivity index (χ1) is 12.6. The molecule has 0 unspecified atom stereocenters. The molecule has 2 aromatic carbocycles. The van der Waals surface area contributed by atoms with Crippen molar-refractivity contribution in [2.75, 3.05) is 28.4 Å². The molecule has 1 aromatic heterocycles. The highest BCUT2D eigenvalue weighted by molar-refractivity contribution is 5.70. The van der Waals surface area contributed by atoms with Gasteiger partial charge in [0.15, 0.2) is 23.0 Å². The molecule has 0 aliphatic heterocycles. The van der Waals surface area contributed by atoms with Gasteiger partial charge in [-0.05, 0) is 30.3 Å². The number of phenols is 1. The van der Waals surface area contributed by atoms with E-state index in [0.717, 1.165) is 11.3 Å². The van der Waals surface area contributed by atoms with Crippen LogP contribution in [0.5, 0.6) is 28.7 Å². The summed E-state index contributed by atoms with van der Waals surface area (Å²) in [6.07, 6.45) is 1.68. The fourth-order valence-electron chi connectivity index (χ4n) is 2.77. The predicted molar refractivity (Wildman–Crippen MR) is 96.9 cm³/mol. The van der Waals surface area contributed by atoms with Crippen LogP contribution < -0.4 is 18.9 Å². The quantitative estimate of drug-likeness (QED) is 0.731. The number of methoxy groups -OCH3 is 4. The van der Waals surface area contributed by atoms with Gasteiger partial charge in [-0.2, -0.15) is 5.10 Å². The van der Waals surface area contributed by atoms with Crippen LogP contribution in [0.1, 0.15) is 0 Å². The highest BCUT2D eigenvalue weighted by Crippen LogP contribution is 2.41. The summed E-state index contributed by atoms with van der Waals surface area (Å²) in [4.78, 5) is 0. The topological polar surface area (TPSA) is 75.0 Å². The minimum Gasteiger partial charge on any atom is -0.504 e. The van der Waals surface area contributed by atoms with Crippen LogP contribution in [0, 0.1) is 0 Å². The van der Waals surface area contributed by atoms with Gasteiger partial charge in [0, 0.05) is 11.6 Å². The average molecular weight is 356 g/mol. The van der Waals surface area contributed by atoms with E-state index in [-0.39, 0.29) is 5.75 Å². The Labute approximate surface area is 151 Å². The van der Waals surface area contributed by atoms with Crippen molar-refractivity contribution in [2.24, 2.45) is 0 Å². The molecule has 0 aliphatic rings. The van der Waals surface area contributed by atoms with E-state index < -0.39 is 0 Å². The van der Waals surface area contributed by atoms with Crippen molar-refractivity contribution in [1.29, 1.82) is 0 Å². The molecular weight excluding hydrogens is 336 g/mol. The monoisotopic (exact) mass is 356 g/mol. The summed E-state index contributed by atoms with van der Waals surface area (Å²) in [5, 5.41) is 14.4. The Bertz CT molecular complexity index is 895. The summed E-state index contributed by atoms with van der Waals surface area (Å²) in [7, 11) is 6.20. The number of hydrogen-bond donors (Lipinski definition) is 1. The summed E-state index contributed by atoms with van der Waals surface area (Å²) in [6, 6.07) is 10.6. The van der Waals surface area contributed by atoms with Crippen molar-refractivity contribution >= 4 is 0 Å². The lowest BCUT2D eigenvalue weighted by Gasteiger charge is -2.15. The minimum atomic E-state index is 0.0383. The molecule has 26 heavy (non-hydrogen) atoms. The van der Waals surface area contributed by atoms with Crippen molar-refractivity contribution < 1.29 is 24.1 Å². The molecule has 3 rings (SSSR count). The fourth-order valence-corrected chi connectivity index (χ4v) is 2.77. The Morgan fingerprint density at radius 1 is 0.808 bits per heavy atom. The maximum atomic E-state index is 10.1. The summed E-state index contributed by atoms with van der Waals surface area (Å²) < 4.78 is 23.0. The van der Waals surface area contributed by atoms with Gasteiger partial charge in [0.05, 0.1) is 46.0 Å². The third kappa shape index (κ3) is 2.99. The molecule has 7 heteroatoms. The maximum Gasteiger partial charge on any atom is 0.203 e. The van der Waals surface area contributed by atoms with Gasteiger partial charge in [-0.3, -0.25) is 0 Å². The molecule has 0 atom stereocenters. The van der Waals surface area contributed by atoms with Gasteiger partial charge in [-0.15, -0.1) is 0 Å². The van der Waals surface area contributed by atoms with Crippen LogP contribution in [-0.4, -0.2) is 43.3 Å². The smallest absolute Gasteiger partial charge is 0.203 e. The summed E-state index contributed by atoms with van der Waals surface area (Å²) in [6.45, 7) is 0. The van der Waals surface area contributed by atoms with E-state index in [9.17, 15) is 5.11 Å². The Morgan fingerprint density at radius 3 is 2.00 bits per heavy atom. The zero-order valence-corrected chi connectivity index (χ0v) is 15.0. The van der Waals surface area contributed by atoms with Crippen LogP contribution in [0.15, 0.2) is 42.6 Å². The van der Waals surface area contributed by atoms with E-state index in [2.05, 4.69) is 5.10 Å². The molecule has 7 nitrogen and oxygen atoms in total. The Balaban J connectivity index is 2.13. The number of ether oxygens (including phenoxy) is 4. The second kappa shape index (κ2) is 7.26. The van der Waals surface area contributed by atoms with E-state index in [4.69, 9.17) is 18.9 Å². The Hall–Kier alpha value is -3.35. The molecule has 0 radical (unpaired) electrons. The van der Waals surface area contributed by atoms with E-state index in [0.29, 0.717) is 28.7 Å². The number of aromatic nitrogens is 2. The number of aromatic hydroxyl groups is 1. The molecule has 1 heterocycles. The maximum absolute atomic E-state index is 10.1. The van der Waals surface area contributed by atoms with Gasteiger partial charge in [0.1, 0.15) is 0 Å². The zero-order valence-electron chi connectivity index (χ0n) is 15.0. The molecular formula is C19H20N2O5. The number of nitrogens with zero attached hydrogens (tertiary/aromatic N) is 2. The molecule has 0 aliphatic carbocycles. The third-order valence-electron chi connectivity index (χ3n) is 4.01. The van der Waals surface area contributed by atoms with Crippen LogP contribution in [0.3, 0.4) is 0 Å². The van der Waals surface area contributed by atoms with Crippen molar-refractivity contribution in [3.05, 3.63) is 42.6 Å². The average Bonchev–Trinajstić information content (AvgIpc) is 3.16. The largest absolute Gasteiger partial charge is 0.504 e. The minimum absolute atomic E-state index is 0.0383. The van der Waals surface area contributed by atoms with E-state index in [1.807, 2.05) is 24.3 Å². The standard InChI is InChI=1S/C19H20N2O5/c1-23-16-6-5-13(11-15(16)22)21-14(7-8-20-21)12-9-17(24-2)19(26-4)18(10-12)25-3/h5-11,22H,1-4H3. The second-order valence-electron chi connectivity index (χ2n) is 5.40. The molecule has 0 fully saturated rings. The Kier molecular flexibility index (Phi) is 4.88. The third-order valence-corrected chi connectivity index (χ3v) is 4.01. The van der Waals surface area contributed by atoms with Crippen LogP contribution in [0.2, 0.25) is 0 Å². The summed E-state index contributed by atoms with van der Waals surface area (Å²) >= 11 is 0. The van der Waals surface area contributed by atoms with E-state index in [1.165, 1.54) is 7.11 Å². The molecule has 0 amide bonds. The van der Waals surface area contributed by atoms with Crippen LogP contribution in [-0.2, 0) is 0 Å². The number of hydrogen-bond acceptors (Lipinski definition) is 6. The van der Waals surface area contributed by atoms with Gasteiger partial charge >= 0.3 is 0 Å². The van der Waals surface area contributed by atoms with Crippen molar-refractivity contribution in [2.45, 2.75) is 0 Å². The van der Waals surface area contributed by atoms with Crippen LogP contribution in [0.25, 0.3) is 16.9 Å². The summed E-state index contributed by atoms with van der Waals surface area (Å²) in [5.41, 5.74) is 2.32. The second-order valence-corrected chi connectivity index (χ2v) is 5.40. The first-order valence-corrected chi connectivity index (χ1v) is 7.84. The van der Waals surface area contributed by atoms with Crippen LogP contribution >= 0.6 is 0 Å². The van der Waals surface area contributed by atoms with E-state index in [1.54, 1.807) is 44.3 Å². The first-order valence-electron chi connectivity index (χ1n) is 7.84. The van der Waals surface area contributed by atoms with Gasteiger partial charge < -0.3 is 24.1 Å². The van der Waals surface area contributed by atoms with Gasteiger partial charge in [-0.25, -0.2) is 4.68 Å². The first kappa shape index (κ1) is 17.5. The lowest BCUT2D eigenvalue weighted by molar-refractivity contribution is 0.324. The molecule has 0 saturated carbocycles. The number of rotatable bonds is 6. The highest BCUT2D eigenvalue weighted by atomic mass is 16.5. The normalized spacial score (nSPS) is 10.5. The van der Waals surface area contributed by atoms with Crippen molar-refractivity contribution in [3.63, 3.8) is 0 Å². The van der Waals surface area contributed by atoms with Gasteiger partial charge in [0.2, 0.25) is 5.75 Å². The lowest BCUT2D eigenvalue weighted by Crippen LogP contribution is -2.01. The SMILES string of the molecule is COc1ccc(-n2nccc2-c2cc(OC)c(OC)c(OC)c2)cc1O. The van der Waals surface area contributed by atoms with E-state index >= 15 is 0 Å². The molecule has 0 spiro atoms. The molecule has 1 N–H and O–H groups in total. The predicted octanol–water partition coefficient (Wildman–Crippen LogP) is 3.28. The number of benzene rings is 2.